The van der Waals surface area contributed by atoms with Gasteiger partial charge in [-0.2, -0.15) is 0 Å². The second-order valence-electron chi connectivity index (χ2n) is 8.26. The van der Waals surface area contributed by atoms with Crippen LogP contribution in [0.25, 0.3) is 28.0 Å². The number of benzene rings is 1. The Hall–Kier alpha value is -2.69. The number of rotatable bonds is 4. The summed E-state index contributed by atoms with van der Waals surface area (Å²) in [6.07, 6.45) is 11.5. The van der Waals surface area contributed by atoms with Crippen LogP contribution in [-0.2, 0) is 0 Å². The van der Waals surface area contributed by atoms with Gasteiger partial charge in [0.15, 0.2) is 0 Å². The molecule has 5 heteroatoms. The number of pyridine rings is 1. The minimum Gasteiger partial charge on any atom is -0.345 e. The van der Waals surface area contributed by atoms with E-state index in [4.69, 9.17) is 11.6 Å². The molecule has 2 aromatic heterocycles. The maximum atomic E-state index is 13.5. The minimum absolute atomic E-state index is 0.251. The summed E-state index contributed by atoms with van der Waals surface area (Å²) in [6, 6.07) is 11.0. The van der Waals surface area contributed by atoms with Crippen molar-refractivity contribution in [3.05, 3.63) is 83.1 Å². The Labute approximate surface area is 187 Å². The fraction of sp³-hybridized carbons (Fsp3) is 0.269. The molecule has 5 rings (SSSR count). The number of H-pyrrole nitrogens is 1. The third-order valence-corrected chi connectivity index (χ3v) is 6.56. The van der Waals surface area contributed by atoms with E-state index in [2.05, 4.69) is 33.9 Å². The van der Waals surface area contributed by atoms with Crippen molar-refractivity contribution in [2.45, 2.75) is 32.2 Å². The molecule has 4 heterocycles. The molecule has 3 aromatic rings. The molecule has 2 aliphatic heterocycles. The van der Waals surface area contributed by atoms with E-state index < -0.39 is 0 Å². The van der Waals surface area contributed by atoms with Gasteiger partial charge in [0.1, 0.15) is 11.0 Å². The molecule has 31 heavy (non-hydrogen) atoms. The molecule has 1 unspecified atom stereocenters. The lowest BCUT2D eigenvalue weighted by atomic mass is 9.90. The number of hydrogen-bond donors (Lipinski definition) is 1. The van der Waals surface area contributed by atoms with Crippen molar-refractivity contribution in [2.75, 3.05) is 13.1 Å². The lowest BCUT2D eigenvalue weighted by Crippen LogP contribution is -2.32. The summed E-state index contributed by atoms with van der Waals surface area (Å²) >= 11 is 6.82. The van der Waals surface area contributed by atoms with Gasteiger partial charge in [0, 0.05) is 42.7 Å². The highest BCUT2D eigenvalue weighted by Crippen LogP contribution is 2.44. The van der Waals surface area contributed by atoms with Crippen LogP contribution in [0.1, 0.15) is 31.7 Å². The Morgan fingerprint density at radius 1 is 1.13 bits per heavy atom. The van der Waals surface area contributed by atoms with Crippen LogP contribution in [0.3, 0.4) is 0 Å². The van der Waals surface area contributed by atoms with Gasteiger partial charge in [-0.1, -0.05) is 36.2 Å². The summed E-state index contributed by atoms with van der Waals surface area (Å²) in [5, 5.41) is 0.633. The molecule has 1 N–H and O–H groups in total. The summed E-state index contributed by atoms with van der Waals surface area (Å²) in [5.41, 5.74) is 7.79. The van der Waals surface area contributed by atoms with E-state index in [9.17, 15) is 4.39 Å². The van der Waals surface area contributed by atoms with E-state index in [1.807, 2.05) is 12.1 Å². The van der Waals surface area contributed by atoms with Gasteiger partial charge in [-0.3, -0.25) is 9.88 Å². The van der Waals surface area contributed by atoms with Crippen LogP contribution < -0.4 is 0 Å². The number of nitrogens with zero attached hydrogens (tertiary/aromatic N) is 2. The van der Waals surface area contributed by atoms with Gasteiger partial charge in [-0.25, -0.2) is 4.39 Å². The zero-order valence-electron chi connectivity index (χ0n) is 17.5. The Kier molecular flexibility index (Phi) is 5.51. The smallest absolute Gasteiger partial charge is 0.123 e. The molecular weight excluding hydrogens is 409 g/mol. The first-order valence-electron chi connectivity index (χ1n) is 10.8. The van der Waals surface area contributed by atoms with Gasteiger partial charge in [0.05, 0.1) is 5.69 Å². The monoisotopic (exact) mass is 433 g/mol. The summed E-state index contributed by atoms with van der Waals surface area (Å²) < 4.78 is 13.5. The van der Waals surface area contributed by atoms with E-state index >= 15 is 0 Å². The Morgan fingerprint density at radius 2 is 1.90 bits per heavy atom. The first-order valence-corrected chi connectivity index (χ1v) is 11.2. The highest BCUT2D eigenvalue weighted by atomic mass is 35.5. The van der Waals surface area contributed by atoms with Crippen LogP contribution in [0, 0.1) is 5.82 Å². The quantitative estimate of drug-likeness (QED) is 0.462. The van der Waals surface area contributed by atoms with Gasteiger partial charge in [-0.05, 0) is 72.4 Å². The summed E-state index contributed by atoms with van der Waals surface area (Å²) in [7, 11) is 0. The number of nitrogens with one attached hydrogen (secondary N) is 1. The fourth-order valence-electron chi connectivity index (χ4n) is 4.89. The predicted octanol–water partition coefficient (Wildman–Crippen LogP) is 6.73. The number of aromatic nitrogens is 2. The van der Waals surface area contributed by atoms with Gasteiger partial charge >= 0.3 is 0 Å². The number of halogens is 2. The lowest BCUT2D eigenvalue weighted by molar-refractivity contribution is 0.290. The van der Waals surface area contributed by atoms with Gasteiger partial charge in [-0.15, -0.1) is 0 Å². The van der Waals surface area contributed by atoms with Crippen molar-refractivity contribution in [3.63, 3.8) is 0 Å². The van der Waals surface area contributed by atoms with E-state index in [1.165, 1.54) is 23.3 Å². The maximum Gasteiger partial charge on any atom is 0.123 e. The molecule has 3 nitrogen and oxygen atoms in total. The van der Waals surface area contributed by atoms with Crippen LogP contribution in [-0.4, -0.2) is 34.0 Å². The zero-order valence-corrected chi connectivity index (χ0v) is 18.3. The molecular formula is C26H25ClFN3. The molecule has 0 radical (unpaired) electrons. The molecule has 0 aliphatic carbocycles. The highest BCUT2D eigenvalue weighted by molar-refractivity contribution is 6.32. The number of hydrogen-bond acceptors (Lipinski definition) is 2. The van der Waals surface area contributed by atoms with Crippen molar-refractivity contribution < 1.29 is 4.39 Å². The number of allylic oxidation sites excluding steroid dienone is 1. The lowest BCUT2D eigenvalue weighted by Gasteiger charge is -2.28. The van der Waals surface area contributed by atoms with E-state index in [1.54, 1.807) is 24.5 Å². The SMILES string of the molecule is CCC=C1CC2C=C(c3c(Cl)[nH]c(-c4ccc(F)cc4)c3-c3ccncc3)CCN2C1. The average molecular weight is 434 g/mol. The molecule has 2 aliphatic rings. The Morgan fingerprint density at radius 3 is 2.65 bits per heavy atom. The first kappa shape index (κ1) is 20.2. The molecule has 0 bridgehead atoms. The molecule has 0 amide bonds. The third kappa shape index (κ3) is 3.86. The summed E-state index contributed by atoms with van der Waals surface area (Å²) in [5.74, 6) is -0.251. The molecule has 1 saturated heterocycles. The zero-order chi connectivity index (χ0) is 21.4. The van der Waals surface area contributed by atoms with Crippen molar-refractivity contribution in [1.82, 2.24) is 14.9 Å². The van der Waals surface area contributed by atoms with Crippen LogP contribution in [0.5, 0.6) is 0 Å². The predicted molar refractivity (Wildman–Crippen MR) is 125 cm³/mol. The van der Waals surface area contributed by atoms with Crippen LogP contribution in [0.2, 0.25) is 5.15 Å². The second-order valence-corrected chi connectivity index (χ2v) is 8.64. The van der Waals surface area contributed by atoms with E-state index in [0.717, 1.165) is 60.3 Å². The van der Waals surface area contributed by atoms with Crippen LogP contribution >= 0.6 is 11.6 Å². The molecule has 1 fully saturated rings. The molecule has 0 saturated carbocycles. The maximum absolute atomic E-state index is 13.5. The topological polar surface area (TPSA) is 31.9 Å². The fourth-order valence-corrected chi connectivity index (χ4v) is 5.20. The average Bonchev–Trinajstić information content (AvgIpc) is 3.34. The standard InChI is InChI=1S/C26H25ClFN3/c1-2-3-17-14-22-15-20(10-13-31(22)16-17)24-23(18-8-11-29-12-9-18)25(30-26(24)27)19-4-6-21(28)7-5-19/h3-9,11-12,15,22,30H,2,10,13-14,16H2,1H3. The van der Waals surface area contributed by atoms with Crippen molar-refractivity contribution >= 4 is 17.2 Å². The third-order valence-electron chi connectivity index (χ3n) is 6.28. The first-order chi connectivity index (χ1) is 15.1. The van der Waals surface area contributed by atoms with Crippen LogP contribution in [0.4, 0.5) is 4.39 Å². The number of fused-ring (bicyclic) bond motifs is 1. The van der Waals surface area contributed by atoms with Gasteiger partial charge in [0.25, 0.3) is 0 Å². The molecule has 158 valence electrons. The minimum atomic E-state index is -0.251. The Bertz CT molecular complexity index is 1150. The Balaban J connectivity index is 1.63. The molecule has 1 aromatic carbocycles. The number of aromatic amines is 1. The highest BCUT2D eigenvalue weighted by Gasteiger charge is 2.32. The van der Waals surface area contributed by atoms with Gasteiger partial charge in [0.2, 0.25) is 0 Å². The van der Waals surface area contributed by atoms with Crippen molar-refractivity contribution in [3.8, 4) is 22.4 Å². The normalized spacial score (nSPS) is 20.2. The largest absolute Gasteiger partial charge is 0.345 e. The summed E-state index contributed by atoms with van der Waals surface area (Å²) in [6.45, 7) is 4.30. The van der Waals surface area contributed by atoms with E-state index in [-0.39, 0.29) is 5.82 Å². The molecule has 1 atom stereocenters. The van der Waals surface area contributed by atoms with Crippen molar-refractivity contribution in [1.29, 1.82) is 0 Å². The van der Waals surface area contributed by atoms with E-state index in [0.29, 0.717) is 11.2 Å². The molecule has 0 spiro atoms. The van der Waals surface area contributed by atoms with Crippen LogP contribution in [0.15, 0.2) is 66.5 Å². The second kappa shape index (κ2) is 8.45. The van der Waals surface area contributed by atoms with Gasteiger partial charge < -0.3 is 4.98 Å². The summed E-state index contributed by atoms with van der Waals surface area (Å²) in [4.78, 5) is 10.1. The van der Waals surface area contributed by atoms with Crippen molar-refractivity contribution in [2.24, 2.45) is 0 Å².